The van der Waals surface area contributed by atoms with Crippen LogP contribution >= 0.6 is 0 Å². The molecule has 0 fully saturated rings. The Balaban J connectivity index is 3.32. The standard InChI is InChI=1S/C12H24O3/c1-5-14-10-8-6-7-9-11(13)15-12(2,3)4/h5-10H2,1-4H3. The lowest BCUT2D eigenvalue weighted by Gasteiger charge is -2.19. The van der Waals surface area contributed by atoms with Gasteiger partial charge in [-0.25, -0.2) is 0 Å². The number of esters is 1. The normalized spacial score (nSPS) is 11.5. The Morgan fingerprint density at radius 1 is 1.13 bits per heavy atom. The Hall–Kier alpha value is -0.570. The molecule has 0 unspecified atom stereocenters. The molecule has 0 radical (unpaired) electrons. The summed E-state index contributed by atoms with van der Waals surface area (Å²) in [6, 6.07) is 0. The molecule has 0 aromatic carbocycles. The third-order valence-corrected chi connectivity index (χ3v) is 1.79. The first-order valence-electron chi connectivity index (χ1n) is 5.75. The van der Waals surface area contributed by atoms with E-state index in [0.717, 1.165) is 32.5 Å². The first kappa shape index (κ1) is 14.4. The fraction of sp³-hybridized carbons (Fsp3) is 0.917. The molecule has 0 N–H and O–H groups in total. The molecule has 0 heterocycles. The van der Waals surface area contributed by atoms with E-state index in [-0.39, 0.29) is 11.6 Å². The summed E-state index contributed by atoms with van der Waals surface area (Å²) in [5.74, 6) is -0.0982. The van der Waals surface area contributed by atoms with Gasteiger partial charge < -0.3 is 9.47 Å². The molecule has 0 rings (SSSR count). The van der Waals surface area contributed by atoms with Crippen molar-refractivity contribution in [2.45, 2.75) is 59.0 Å². The van der Waals surface area contributed by atoms with Gasteiger partial charge in [0.1, 0.15) is 5.60 Å². The Bertz CT molecular complexity index is 170. The third kappa shape index (κ3) is 11.4. The van der Waals surface area contributed by atoms with E-state index in [2.05, 4.69) is 0 Å². The fourth-order valence-electron chi connectivity index (χ4n) is 1.19. The van der Waals surface area contributed by atoms with E-state index in [1.807, 2.05) is 27.7 Å². The summed E-state index contributed by atoms with van der Waals surface area (Å²) in [5, 5.41) is 0. The van der Waals surface area contributed by atoms with Gasteiger partial charge in [-0.2, -0.15) is 0 Å². The van der Waals surface area contributed by atoms with Crippen molar-refractivity contribution in [2.24, 2.45) is 0 Å². The second kappa shape index (κ2) is 7.69. The van der Waals surface area contributed by atoms with Crippen LogP contribution in [0.2, 0.25) is 0 Å². The van der Waals surface area contributed by atoms with Crippen molar-refractivity contribution < 1.29 is 14.3 Å². The average Bonchev–Trinajstić information content (AvgIpc) is 2.08. The molecule has 0 bridgehead atoms. The number of hydrogen-bond acceptors (Lipinski definition) is 3. The average molecular weight is 216 g/mol. The minimum absolute atomic E-state index is 0.0982. The maximum absolute atomic E-state index is 11.3. The molecular weight excluding hydrogens is 192 g/mol. The summed E-state index contributed by atoms with van der Waals surface area (Å²) < 4.78 is 10.4. The zero-order chi connectivity index (χ0) is 11.7. The first-order valence-corrected chi connectivity index (χ1v) is 5.75. The van der Waals surface area contributed by atoms with Crippen LogP contribution in [0.5, 0.6) is 0 Å². The number of carbonyl (C=O) groups excluding carboxylic acids is 1. The van der Waals surface area contributed by atoms with E-state index >= 15 is 0 Å². The highest BCUT2D eigenvalue weighted by Gasteiger charge is 2.15. The van der Waals surface area contributed by atoms with Crippen molar-refractivity contribution in [2.75, 3.05) is 13.2 Å². The van der Waals surface area contributed by atoms with Gasteiger partial charge in [0.15, 0.2) is 0 Å². The lowest BCUT2D eigenvalue weighted by Crippen LogP contribution is -2.23. The van der Waals surface area contributed by atoms with Gasteiger partial charge in [-0.05, 0) is 40.5 Å². The number of hydrogen-bond donors (Lipinski definition) is 0. The molecule has 0 amide bonds. The summed E-state index contributed by atoms with van der Waals surface area (Å²) >= 11 is 0. The summed E-state index contributed by atoms with van der Waals surface area (Å²) in [6.07, 6.45) is 3.46. The second-order valence-electron chi connectivity index (χ2n) is 4.59. The molecule has 0 atom stereocenters. The summed E-state index contributed by atoms with van der Waals surface area (Å²) in [6.45, 7) is 9.22. The van der Waals surface area contributed by atoms with E-state index < -0.39 is 0 Å². The SMILES string of the molecule is CCOCCCCCC(=O)OC(C)(C)C. The lowest BCUT2D eigenvalue weighted by atomic mass is 10.1. The largest absolute Gasteiger partial charge is 0.460 e. The van der Waals surface area contributed by atoms with E-state index in [1.165, 1.54) is 0 Å². The topological polar surface area (TPSA) is 35.5 Å². The van der Waals surface area contributed by atoms with E-state index in [1.54, 1.807) is 0 Å². The van der Waals surface area contributed by atoms with Crippen molar-refractivity contribution >= 4 is 5.97 Å². The molecule has 0 aromatic heterocycles. The van der Waals surface area contributed by atoms with Crippen LogP contribution in [0, 0.1) is 0 Å². The maximum Gasteiger partial charge on any atom is 0.306 e. The molecule has 3 nitrogen and oxygen atoms in total. The molecule has 3 heteroatoms. The van der Waals surface area contributed by atoms with Crippen molar-refractivity contribution in [3.63, 3.8) is 0 Å². The Morgan fingerprint density at radius 2 is 1.80 bits per heavy atom. The molecule has 0 spiro atoms. The Labute approximate surface area is 93.1 Å². The van der Waals surface area contributed by atoms with Gasteiger partial charge in [-0.3, -0.25) is 4.79 Å². The van der Waals surface area contributed by atoms with Gasteiger partial charge in [0.25, 0.3) is 0 Å². The monoisotopic (exact) mass is 216 g/mol. The van der Waals surface area contributed by atoms with Crippen LogP contribution in [0.25, 0.3) is 0 Å². The van der Waals surface area contributed by atoms with Crippen molar-refractivity contribution in [3.05, 3.63) is 0 Å². The van der Waals surface area contributed by atoms with Crippen LogP contribution in [0.4, 0.5) is 0 Å². The van der Waals surface area contributed by atoms with Gasteiger partial charge in [-0.1, -0.05) is 6.42 Å². The van der Waals surface area contributed by atoms with Crippen LogP contribution in [0.3, 0.4) is 0 Å². The van der Waals surface area contributed by atoms with Gasteiger partial charge in [-0.15, -0.1) is 0 Å². The smallest absolute Gasteiger partial charge is 0.306 e. The molecule has 0 saturated carbocycles. The maximum atomic E-state index is 11.3. The third-order valence-electron chi connectivity index (χ3n) is 1.79. The minimum atomic E-state index is -0.359. The predicted octanol–water partition coefficient (Wildman–Crippen LogP) is 2.93. The van der Waals surface area contributed by atoms with Crippen LogP contribution in [0.15, 0.2) is 0 Å². The van der Waals surface area contributed by atoms with Gasteiger partial charge in [0, 0.05) is 19.6 Å². The first-order chi connectivity index (χ1) is 6.95. The number of ether oxygens (including phenoxy) is 2. The van der Waals surface area contributed by atoms with Crippen molar-refractivity contribution in [1.29, 1.82) is 0 Å². The van der Waals surface area contributed by atoms with Crippen molar-refractivity contribution in [1.82, 2.24) is 0 Å². The summed E-state index contributed by atoms with van der Waals surface area (Å²) in [5.41, 5.74) is -0.359. The number of unbranched alkanes of at least 4 members (excludes halogenated alkanes) is 2. The molecule has 0 saturated heterocycles. The summed E-state index contributed by atoms with van der Waals surface area (Å²) in [7, 11) is 0. The highest BCUT2D eigenvalue weighted by Crippen LogP contribution is 2.10. The van der Waals surface area contributed by atoms with Crippen molar-refractivity contribution in [3.8, 4) is 0 Å². The minimum Gasteiger partial charge on any atom is -0.460 e. The van der Waals surface area contributed by atoms with Gasteiger partial charge in [0.05, 0.1) is 0 Å². The molecule has 0 aliphatic carbocycles. The van der Waals surface area contributed by atoms with Crippen LogP contribution in [-0.2, 0) is 14.3 Å². The van der Waals surface area contributed by atoms with E-state index in [9.17, 15) is 4.79 Å². The quantitative estimate of drug-likeness (QED) is 0.485. The van der Waals surface area contributed by atoms with Gasteiger partial charge in [0.2, 0.25) is 0 Å². The van der Waals surface area contributed by atoms with E-state index in [4.69, 9.17) is 9.47 Å². The summed E-state index contributed by atoms with van der Waals surface area (Å²) in [4.78, 5) is 11.3. The van der Waals surface area contributed by atoms with E-state index in [0.29, 0.717) is 6.42 Å². The number of rotatable bonds is 7. The predicted molar refractivity (Wildman–Crippen MR) is 60.8 cm³/mol. The van der Waals surface area contributed by atoms with Crippen LogP contribution in [0.1, 0.15) is 53.4 Å². The Kier molecular flexibility index (Phi) is 7.39. The van der Waals surface area contributed by atoms with Crippen LogP contribution in [-0.4, -0.2) is 24.8 Å². The highest BCUT2D eigenvalue weighted by molar-refractivity contribution is 5.69. The molecule has 15 heavy (non-hydrogen) atoms. The molecular formula is C12H24O3. The zero-order valence-corrected chi connectivity index (χ0v) is 10.5. The van der Waals surface area contributed by atoms with Gasteiger partial charge >= 0.3 is 5.97 Å². The molecule has 0 aliphatic rings. The molecule has 0 aromatic rings. The highest BCUT2D eigenvalue weighted by atomic mass is 16.6. The molecule has 0 aliphatic heterocycles. The van der Waals surface area contributed by atoms with Crippen LogP contribution < -0.4 is 0 Å². The fourth-order valence-corrected chi connectivity index (χ4v) is 1.19. The number of carbonyl (C=O) groups is 1. The Morgan fingerprint density at radius 3 is 2.33 bits per heavy atom. The molecule has 90 valence electrons. The second-order valence-corrected chi connectivity index (χ2v) is 4.59. The zero-order valence-electron chi connectivity index (χ0n) is 10.5. The lowest BCUT2D eigenvalue weighted by molar-refractivity contribution is -0.154.